The Labute approximate surface area is 155 Å². The molecule has 1 aliphatic rings. The molecule has 1 fully saturated rings. The molecule has 4 rings (SSSR count). The lowest BCUT2D eigenvalue weighted by molar-refractivity contribution is 0.243. The molecule has 0 saturated carbocycles. The molecule has 2 N–H and O–H groups in total. The van der Waals surface area contributed by atoms with Crippen molar-refractivity contribution in [3.05, 3.63) is 48.0 Å². The predicted molar refractivity (Wildman–Crippen MR) is 99.3 cm³/mol. The van der Waals surface area contributed by atoms with Crippen molar-refractivity contribution in [2.24, 2.45) is 5.73 Å². The number of anilines is 1. The van der Waals surface area contributed by atoms with Gasteiger partial charge in [0.25, 0.3) is 0 Å². The molecule has 0 spiro atoms. The number of nitrogens with two attached hydrogens (primary N) is 1. The molecular formula is C19H21F2N5O. The number of piperidine rings is 1. The Morgan fingerprint density at radius 2 is 2.15 bits per heavy atom. The minimum atomic E-state index is -1.02. The number of ether oxygens (including phenoxy) is 1. The molecule has 1 aliphatic heterocycles. The van der Waals surface area contributed by atoms with Crippen LogP contribution in [0, 0.1) is 5.82 Å². The average Bonchev–Trinajstić information content (AvgIpc) is 3.01. The quantitative estimate of drug-likeness (QED) is 0.761. The second-order valence-electron chi connectivity index (χ2n) is 6.73. The Morgan fingerprint density at radius 1 is 1.30 bits per heavy atom. The van der Waals surface area contributed by atoms with Crippen molar-refractivity contribution in [1.82, 2.24) is 14.5 Å². The number of aromatic nitrogens is 3. The van der Waals surface area contributed by atoms with E-state index in [4.69, 9.17) is 10.5 Å². The lowest BCUT2D eigenvalue weighted by Crippen LogP contribution is -2.50. The molecule has 2 unspecified atom stereocenters. The Kier molecular flexibility index (Phi) is 4.65. The Morgan fingerprint density at radius 3 is 2.93 bits per heavy atom. The maximum Gasteiger partial charge on any atom is 0.206 e. The molecule has 2 aromatic heterocycles. The van der Waals surface area contributed by atoms with Gasteiger partial charge in [0.15, 0.2) is 0 Å². The Hall–Kier alpha value is -2.74. The summed E-state index contributed by atoms with van der Waals surface area (Å²) in [5.41, 5.74) is 8.03. The number of imidazole rings is 1. The number of alkyl halides is 1. The third-order valence-electron chi connectivity index (χ3n) is 4.89. The van der Waals surface area contributed by atoms with Crippen LogP contribution >= 0.6 is 0 Å². The zero-order valence-electron chi connectivity index (χ0n) is 15.0. The molecule has 0 amide bonds. The first-order chi connectivity index (χ1) is 13.0. The monoisotopic (exact) mass is 373 g/mol. The van der Waals surface area contributed by atoms with Gasteiger partial charge in [-0.3, -0.25) is 4.98 Å². The molecule has 6 nitrogen and oxygen atoms in total. The molecule has 3 heterocycles. The smallest absolute Gasteiger partial charge is 0.206 e. The van der Waals surface area contributed by atoms with Gasteiger partial charge in [-0.1, -0.05) is 0 Å². The summed E-state index contributed by atoms with van der Waals surface area (Å²) in [6, 6.07) is 7.55. The number of pyridine rings is 1. The molecule has 142 valence electrons. The Balaban J connectivity index is 1.77. The highest BCUT2D eigenvalue weighted by Gasteiger charge is 2.29. The van der Waals surface area contributed by atoms with Crippen molar-refractivity contribution in [1.29, 1.82) is 0 Å². The van der Waals surface area contributed by atoms with E-state index >= 15 is 0 Å². The zero-order valence-corrected chi connectivity index (χ0v) is 15.0. The zero-order chi connectivity index (χ0) is 19.0. The van der Waals surface area contributed by atoms with E-state index in [-0.39, 0.29) is 5.82 Å². The summed E-state index contributed by atoms with van der Waals surface area (Å²) >= 11 is 0. The molecule has 2 atom stereocenters. The topological polar surface area (TPSA) is 69.2 Å². The van der Waals surface area contributed by atoms with Crippen LogP contribution in [0.5, 0.6) is 5.75 Å². The number of halogens is 2. The molecule has 3 aromatic rings. The summed E-state index contributed by atoms with van der Waals surface area (Å²) in [6.07, 6.45) is 1.00. The van der Waals surface area contributed by atoms with Crippen LogP contribution in [-0.4, -0.2) is 46.9 Å². The van der Waals surface area contributed by atoms with Gasteiger partial charge in [-0.15, -0.1) is 0 Å². The van der Waals surface area contributed by atoms with Crippen LogP contribution in [0.25, 0.3) is 11.0 Å². The summed E-state index contributed by atoms with van der Waals surface area (Å²) in [4.78, 5) is 11.0. The molecule has 1 saturated heterocycles. The maximum atomic E-state index is 13.8. The number of rotatable bonds is 4. The summed E-state index contributed by atoms with van der Waals surface area (Å²) in [6.45, 7) is 1.30. The third-order valence-corrected chi connectivity index (χ3v) is 4.89. The van der Waals surface area contributed by atoms with Crippen LogP contribution in [0.2, 0.25) is 0 Å². The van der Waals surface area contributed by atoms with E-state index in [0.29, 0.717) is 43.3 Å². The molecule has 1 aromatic carbocycles. The van der Waals surface area contributed by atoms with Crippen LogP contribution in [0.15, 0.2) is 36.5 Å². The van der Waals surface area contributed by atoms with Crippen LogP contribution < -0.4 is 15.4 Å². The van der Waals surface area contributed by atoms with Gasteiger partial charge < -0.3 is 19.9 Å². The Bertz CT molecular complexity index is 960. The van der Waals surface area contributed by atoms with Crippen molar-refractivity contribution in [3.63, 3.8) is 0 Å². The van der Waals surface area contributed by atoms with E-state index in [1.807, 2.05) is 15.5 Å². The fourth-order valence-corrected chi connectivity index (χ4v) is 3.45. The maximum absolute atomic E-state index is 13.8. The number of nitrogens with zero attached hydrogens (tertiary/aromatic N) is 4. The first kappa shape index (κ1) is 17.7. The normalized spacial score (nSPS) is 20.2. The number of hydrogen-bond acceptors (Lipinski definition) is 5. The van der Waals surface area contributed by atoms with Crippen molar-refractivity contribution < 1.29 is 13.5 Å². The van der Waals surface area contributed by atoms with Crippen LogP contribution in [0.4, 0.5) is 14.7 Å². The van der Waals surface area contributed by atoms with Crippen molar-refractivity contribution in [3.8, 4) is 5.75 Å². The van der Waals surface area contributed by atoms with E-state index < -0.39 is 12.2 Å². The molecule has 0 aliphatic carbocycles. The van der Waals surface area contributed by atoms with Gasteiger partial charge in [0, 0.05) is 31.4 Å². The number of methoxy groups -OCH3 is 1. The lowest BCUT2D eigenvalue weighted by Gasteiger charge is -2.34. The van der Waals surface area contributed by atoms with E-state index in [1.54, 1.807) is 25.4 Å². The summed E-state index contributed by atoms with van der Waals surface area (Å²) in [7, 11) is 1.60. The standard InChI is InChI=1S/C19H21F2N5O/c1-27-14-4-6-23-13(9-14)10-26-18-3-2-12(20)8-17(18)24-19(26)25-7-5-15(21)16(22)11-25/h2-4,6,8-9,15-16H,5,7,10-11,22H2,1H3. The fourth-order valence-electron chi connectivity index (χ4n) is 3.45. The van der Waals surface area contributed by atoms with Gasteiger partial charge in [-0.2, -0.15) is 0 Å². The first-order valence-electron chi connectivity index (χ1n) is 8.84. The van der Waals surface area contributed by atoms with E-state index in [2.05, 4.69) is 9.97 Å². The molecular weight excluding hydrogens is 352 g/mol. The summed E-state index contributed by atoms with van der Waals surface area (Å²) in [5, 5.41) is 0. The summed E-state index contributed by atoms with van der Waals surface area (Å²) < 4.78 is 34.7. The average molecular weight is 373 g/mol. The van der Waals surface area contributed by atoms with Gasteiger partial charge in [-0.05, 0) is 24.6 Å². The van der Waals surface area contributed by atoms with Crippen molar-refractivity contribution in [2.45, 2.75) is 25.2 Å². The number of hydrogen-bond donors (Lipinski definition) is 1. The van der Waals surface area contributed by atoms with Crippen LogP contribution in [0.3, 0.4) is 0 Å². The number of benzene rings is 1. The van der Waals surface area contributed by atoms with Crippen molar-refractivity contribution in [2.75, 3.05) is 25.1 Å². The summed E-state index contributed by atoms with van der Waals surface area (Å²) in [5.74, 6) is 0.997. The van der Waals surface area contributed by atoms with E-state index in [0.717, 1.165) is 11.2 Å². The van der Waals surface area contributed by atoms with E-state index in [9.17, 15) is 8.78 Å². The van der Waals surface area contributed by atoms with Gasteiger partial charge in [0.2, 0.25) is 5.95 Å². The molecule has 0 bridgehead atoms. The van der Waals surface area contributed by atoms with Gasteiger partial charge in [0.1, 0.15) is 17.7 Å². The third kappa shape index (κ3) is 3.44. The lowest BCUT2D eigenvalue weighted by atomic mass is 10.1. The van der Waals surface area contributed by atoms with Crippen molar-refractivity contribution >= 4 is 17.0 Å². The number of fused-ring (bicyclic) bond motifs is 1. The van der Waals surface area contributed by atoms with Gasteiger partial charge in [-0.25, -0.2) is 13.8 Å². The highest BCUT2D eigenvalue weighted by Crippen LogP contribution is 2.27. The SMILES string of the molecule is COc1ccnc(Cn2c(N3CCC(F)C(N)C3)nc3cc(F)ccc32)c1. The molecule has 27 heavy (non-hydrogen) atoms. The first-order valence-corrected chi connectivity index (χ1v) is 8.84. The fraction of sp³-hybridized carbons (Fsp3) is 0.368. The molecule has 8 heteroatoms. The largest absolute Gasteiger partial charge is 0.497 e. The van der Waals surface area contributed by atoms with E-state index in [1.165, 1.54) is 12.1 Å². The predicted octanol–water partition coefficient (Wildman–Crippen LogP) is 2.50. The highest BCUT2D eigenvalue weighted by atomic mass is 19.1. The van der Waals surface area contributed by atoms with Gasteiger partial charge in [0.05, 0.1) is 36.4 Å². The van der Waals surface area contributed by atoms with Gasteiger partial charge >= 0.3 is 0 Å². The minimum absolute atomic E-state index is 0.343. The molecule has 0 radical (unpaired) electrons. The minimum Gasteiger partial charge on any atom is -0.497 e. The van der Waals surface area contributed by atoms with Crippen LogP contribution in [-0.2, 0) is 6.54 Å². The second-order valence-corrected chi connectivity index (χ2v) is 6.73. The highest BCUT2D eigenvalue weighted by molar-refractivity contribution is 5.79. The second kappa shape index (κ2) is 7.11. The van der Waals surface area contributed by atoms with Crippen LogP contribution in [0.1, 0.15) is 12.1 Å².